The number of para-hydroxylation sites is 1. The summed E-state index contributed by atoms with van der Waals surface area (Å²) in [6.07, 6.45) is 4.64. The fourth-order valence-corrected chi connectivity index (χ4v) is 2.95. The number of carbonyl (C=O) groups is 1. The number of benzene rings is 2. The molecule has 0 aliphatic carbocycles. The van der Waals surface area contributed by atoms with Gasteiger partial charge >= 0.3 is 0 Å². The SMILES string of the molecule is O=C(CCCOc1ccccc1Br)Nc1cccc(OCCn2cccn2)c1. The van der Waals surface area contributed by atoms with Crippen LogP contribution in [0.2, 0.25) is 0 Å². The zero-order valence-corrected chi connectivity index (χ0v) is 17.0. The molecule has 7 heteroatoms. The summed E-state index contributed by atoms with van der Waals surface area (Å²) in [7, 11) is 0. The molecule has 146 valence electrons. The third-order valence-corrected chi connectivity index (χ3v) is 4.56. The van der Waals surface area contributed by atoms with Crippen molar-refractivity contribution in [2.45, 2.75) is 19.4 Å². The van der Waals surface area contributed by atoms with E-state index in [0.29, 0.717) is 44.0 Å². The third-order valence-electron chi connectivity index (χ3n) is 3.91. The van der Waals surface area contributed by atoms with Gasteiger partial charge in [-0.05, 0) is 52.7 Å². The number of hydrogen-bond acceptors (Lipinski definition) is 4. The summed E-state index contributed by atoms with van der Waals surface area (Å²) < 4.78 is 14.1. The van der Waals surface area contributed by atoms with Crippen molar-refractivity contribution in [1.29, 1.82) is 0 Å². The highest BCUT2D eigenvalue weighted by atomic mass is 79.9. The molecule has 3 aromatic rings. The van der Waals surface area contributed by atoms with Crippen molar-refractivity contribution in [3.05, 3.63) is 71.5 Å². The molecule has 0 unspecified atom stereocenters. The van der Waals surface area contributed by atoms with Crippen LogP contribution in [0.3, 0.4) is 0 Å². The van der Waals surface area contributed by atoms with Gasteiger partial charge in [0, 0.05) is 30.6 Å². The summed E-state index contributed by atoms with van der Waals surface area (Å²) in [5.41, 5.74) is 0.716. The summed E-state index contributed by atoms with van der Waals surface area (Å²) in [6.45, 7) is 1.65. The topological polar surface area (TPSA) is 65.4 Å². The molecule has 0 saturated carbocycles. The monoisotopic (exact) mass is 443 g/mol. The number of aromatic nitrogens is 2. The van der Waals surface area contributed by atoms with Crippen LogP contribution in [0, 0.1) is 0 Å². The Morgan fingerprint density at radius 1 is 1.07 bits per heavy atom. The van der Waals surface area contributed by atoms with Gasteiger partial charge in [0.15, 0.2) is 0 Å². The molecular weight excluding hydrogens is 422 g/mol. The van der Waals surface area contributed by atoms with Crippen molar-refractivity contribution in [3.8, 4) is 11.5 Å². The van der Waals surface area contributed by atoms with E-state index in [0.717, 1.165) is 10.2 Å². The van der Waals surface area contributed by atoms with Gasteiger partial charge in [0.25, 0.3) is 0 Å². The van der Waals surface area contributed by atoms with E-state index in [-0.39, 0.29) is 5.91 Å². The normalized spacial score (nSPS) is 10.5. The van der Waals surface area contributed by atoms with E-state index in [2.05, 4.69) is 26.3 Å². The Hall–Kier alpha value is -2.80. The Morgan fingerprint density at radius 2 is 1.96 bits per heavy atom. The summed E-state index contributed by atoms with van der Waals surface area (Å²) in [5.74, 6) is 1.44. The Labute approximate surface area is 172 Å². The summed E-state index contributed by atoms with van der Waals surface area (Å²) in [5, 5.41) is 7.03. The van der Waals surface area contributed by atoms with Crippen LogP contribution < -0.4 is 14.8 Å². The Morgan fingerprint density at radius 3 is 2.79 bits per heavy atom. The summed E-state index contributed by atoms with van der Waals surface area (Å²) in [6, 6.07) is 16.9. The molecule has 0 saturated heterocycles. The van der Waals surface area contributed by atoms with Crippen molar-refractivity contribution >= 4 is 27.5 Å². The summed E-state index contributed by atoms with van der Waals surface area (Å²) in [4.78, 5) is 12.1. The smallest absolute Gasteiger partial charge is 0.224 e. The fourth-order valence-electron chi connectivity index (χ4n) is 2.55. The molecule has 0 aliphatic rings. The molecule has 0 aliphatic heterocycles. The molecular formula is C21H22BrN3O3. The van der Waals surface area contributed by atoms with Gasteiger partial charge in [-0.15, -0.1) is 0 Å². The quantitative estimate of drug-likeness (QED) is 0.467. The lowest BCUT2D eigenvalue weighted by molar-refractivity contribution is -0.116. The zero-order valence-electron chi connectivity index (χ0n) is 15.4. The van der Waals surface area contributed by atoms with Crippen LogP contribution in [0.25, 0.3) is 0 Å². The van der Waals surface area contributed by atoms with Gasteiger partial charge in [-0.3, -0.25) is 9.48 Å². The first-order chi connectivity index (χ1) is 13.7. The van der Waals surface area contributed by atoms with Crippen LogP contribution in [0.4, 0.5) is 5.69 Å². The molecule has 1 aromatic heterocycles. The molecule has 1 amide bonds. The molecule has 3 rings (SSSR count). The largest absolute Gasteiger partial charge is 0.492 e. The molecule has 0 atom stereocenters. The first kappa shape index (κ1) is 19.9. The Balaban J connectivity index is 1.38. The highest BCUT2D eigenvalue weighted by Gasteiger charge is 2.05. The molecule has 0 fully saturated rings. The standard InChI is InChI=1S/C21H22BrN3O3/c22-19-8-1-2-9-20(19)28-14-4-10-21(26)24-17-6-3-7-18(16-17)27-15-13-25-12-5-11-23-25/h1-3,5-9,11-12,16H,4,10,13-15H2,(H,24,26). The predicted octanol–water partition coefficient (Wildman–Crippen LogP) is 4.52. The van der Waals surface area contributed by atoms with E-state index in [9.17, 15) is 4.79 Å². The first-order valence-electron chi connectivity index (χ1n) is 9.08. The molecule has 1 N–H and O–H groups in total. The molecule has 2 aromatic carbocycles. The molecule has 1 heterocycles. The zero-order chi connectivity index (χ0) is 19.6. The number of amides is 1. The van der Waals surface area contributed by atoms with E-state index < -0.39 is 0 Å². The number of rotatable bonds is 10. The van der Waals surface area contributed by atoms with Crippen LogP contribution in [0.15, 0.2) is 71.5 Å². The molecule has 0 spiro atoms. The highest BCUT2D eigenvalue weighted by Crippen LogP contribution is 2.24. The number of carbonyl (C=O) groups excluding carboxylic acids is 1. The molecule has 28 heavy (non-hydrogen) atoms. The van der Waals surface area contributed by atoms with E-state index in [1.165, 1.54) is 0 Å². The van der Waals surface area contributed by atoms with Gasteiger partial charge in [0.05, 0.1) is 17.6 Å². The van der Waals surface area contributed by atoms with E-state index in [1.807, 2.05) is 65.5 Å². The van der Waals surface area contributed by atoms with Crippen molar-refractivity contribution in [3.63, 3.8) is 0 Å². The van der Waals surface area contributed by atoms with Gasteiger partial charge < -0.3 is 14.8 Å². The second-order valence-electron chi connectivity index (χ2n) is 6.08. The Bertz CT molecular complexity index is 884. The van der Waals surface area contributed by atoms with Crippen molar-refractivity contribution < 1.29 is 14.3 Å². The Kier molecular flexibility index (Phi) is 7.49. The van der Waals surface area contributed by atoms with Crippen LogP contribution in [-0.4, -0.2) is 28.9 Å². The lowest BCUT2D eigenvalue weighted by Gasteiger charge is -2.10. The van der Waals surface area contributed by atoms with Crippen LogP contribution in [0.1, 0.15) is 12.8 Å². The number of nitrogens with one attached hydrogen (secondary N) is 1. The van der Waals surface area contributed by atoms with Gasteiger partial charge in [-0.2, -0.15) is 5.10 Å². The molecule has 0 bridgehead atoms. The maximum atomic E-state index is 12.1. The lowest BCUT2D eigenvalue weighted by atomic mass is 10.2. The first-order valence-corrected chi connectivity index (χ1v) is 9.87. The second kappa shape index (κ2) is 10.5. The minimum atomic E-state index is -0.0515. The number of ether oxygens (including phenoxy) is 2. The van der Waals surface area contributed by atoms with Gasteiger partial charge in [-0.25, -0.2) is 0 Å². The van der Waals surface area contributed by atoms with Crippen molar-refractivity contribution in [2.24, 2.45) is 0 Å². The maximum absolute atomic E-state index is 12.1. The van der Waals surface area contributed by atoms with Gasteiger partial charge in [0.1, 0.15) is 18.1 Å². The second-order valence-corrected chi connectivity index (χ2v) is 6.93. The maximum Gasteiger partial charge on any atom is 0.224 e. The molecule has 6 nitrogen and oxygen atoms in total. The number of halogens is 1. The summed E-state index contributed by atoms with van der Waals surface area (Å²) >= 11 is 3.44. The molecule has 0 radical (unpaired) electrons. The van der Waals surface area contributed by atoms with Crippen LogP contribution in [0.5, 0.6) is 11.5 Å². The van der Waals surface area contributed by atoms with Crippen LogP contribution >= 0.6 is 15.9 Å². The van der Waals surface area contributed by atoms with E-state index in [1.54, 1.807) is 6.20 Å². The van der Waals surface area contributed by atoms with Gasteiger partial charge in [0.2, 0.25) is 5.91 Å². The number of hydrogen-bond donors (Lipinski definition) is 1. The fraction of sp³-hybridized carbons (Fsp3) is 0.238. The number of anilines is 1. The minimum Gasteiger partial charge on any atom is -0.492 e. The number of nitrogens with zero attached hydrogens (tertiary/aromatic N) is 2. The van der Waals surface area contributed by atoms with Crippen molar-refractivity contribution in [1.82, 2.24) is 9.78 Å². The van der Waals surface area contributed by atoms with Crippen molar-refractivity contribution in [2.75, 3.05) is 18.5 Å². The average molecular weight is 444 g/mol. The van der Waals surface area contributed by atoms with E-state index >= 15 is 0 Å². The highest BCUT2D eigenvalue weighted by molar-refractivity contribution is 9.10. The lowest BCUT2D eigenvalue weighted by Crippen LogP contribution is -2.13. The minimum absolute atomic E-state index is 0.0515. The average Bonchev–Trinajstić information content (AvgIpc) is 3.20. The van der Waals surface area contributed by atoms with Gasteiger partial charge in [-0.1, -0.05) is 18.2 Å². The predicted molar refractivity (Wildman–Crippen MR) is 112 cm³/mol. The third kappa shape index (κ3) is 6.42. The van der Waals surface area contributed by atoms with E-state index in [4.69, 9.17) is 9.47 Å². The van der Waals surface area contributed by atoms with Crippen LogP contribution in [-0.2, 0) is 11.3 Å².